The molecular formula is C9H12FNO2S2. The zero-order chi connectivity index (χ0) is 11.5. The molecule has 0 aliphatic carbocycles. The Balaban J connectivity index is 2.91. The van der Waals surface area contributed by atoms with E-state index in [1.165, 1.54) is 12.1 Å². The normalized spacial score (nSPS) is 13.8. The van der Waals surface area contributed by atoms with Crippen molar-refractivity contribution in [3.05, 3.63) is 30.1 Å². The van der Waals surface area contributed by atoms with Crippen molar-refractivity contribution in [2.24, 2.45) is 0 Å². The van der Waals surface area contributed by atoms with Crippen LogP contribution in [0.2, 0.25) is 0 Å². The van der Waals surface area contributed by atoms with Crippen LogP contribution in [0.1, 0.15) is 6.92 Å². The van der Waals surface area contributed by atoms with Gasteiger partial charge in [0.2, 0.25) is 10.0 Å². The van der Waals surface area contributed by atoms with Gasteiger partial charge in [-0.25, -0.2) is 17.5 Å². The van der Waals surface area contributed by atoms with E-state index < -0.39 is 15.8 Å². The van der Waals surface area contributed by atoms with Gasteiger partial charge in [-0.2, -0.15) is 12.6 Å². The third-order valence-electron chi connectivity index (χ3n) is 1.75. The summed E-state index contributed by atoms with van der Waals surface area (Å²) in [5, 5.41) is 0. The van der Waals surface area contributed by atoms with E-state index in [-0.39, 0.29) is 10.9 Å². The number of thiol groups is 1. The van der Waals surface area contributed by atoms with Crippen LogP contribution in [-0.4, -0.2) is 20.2 Å². The lowest BCUT2D eigenvalue weighted by Gasteiger charge is -2.11. The zero-order valence-electron chi connectivity index (χ0n) is 8.14. The smallest absolute Gasteiger partial charge is 0.208 e. The minimum absolute atomic E-state index is 0.0533. The van der Waals surface area contributed by atoms with Crippen LogP contribution in [0.5, 0.6) is 0 Å². The molecule has 15 heavy (non-hydrogen) atoms. The standard InChI is InChI=1S/C9H12FNO2S2/c1-7(6-14)11-15(12,13)9-4-2-8(10)3-5-9/h2-5,7,11,14H,6H2,1H3. The molecule has 1 atom stereocenters. The van der Waals surface area contributed by atoms with E-state index in [9.17, 15) is 12.8 Å². The largest absolute Gasteiger partial charge is 0.240 e. The lowest BCUT2D eigenvalue weighted by molar-refractivity contribution is 0.570. The summed E-state index contributed by atoms with van der Waals surface area (Å²) in [5.74, 6) is -0.0587. The van der Waals surface area contributed by atoms with Crippen molar-refractivity contribution in [3.8, 4) is 0 Å². The van der Waals surface area contributed by atoms with Gasteiger partial charge in [-0.1, -0.05) is 0 Å². The van der Waals surface area contributed by atoms with Gasteiger partial charge < -0.3 is 0 Å². The number of hydrogen-bond donors (Lipinski definition) is 2. The number of hydrogen-bond acceptors (Lipinski definition) is 3. The minimum Gasteiger partial charge on any atom is -0.208 e. The predicted molar refractivity (Wildman–Crippen MR) is 60.0 cm³/mol. The Labute approximate surface area is 94.2 Å². The Bertz CT molecular complexity index is 416. The average molecular weight is 249 g/mol. The molecule has 0 spiro atoms. The van der Waals surface area contributed by atoms with Crippen molar-refractivity contribution in [3.63, 3.8) is 0 Å². The second-order valence-electron chi connectivity index (χ2n) is 3.16. The summed E-state index contributed by atoms with van der Waals surface area (Å²) in [7, 11) is -3.55. The van der Waals surface area contributed by atoms with Crippen molar-refractivity contribution in [1.82, 2.24) is 4.72 Å². The molecular weight excluding hydrogens is 237 g/mol. The van der Waals surface area contributed by atoms with Crippen molar-refractivity contribution < 1.29 is 12.8 Å². The van der Waals surface area contributed by atoms with E-state index in [2.05, 4.69) is 17.4 Å². The Kier molecular flexibility index (Phi) is 4.12. The van der Waals surface area contributed by atoms with Crippen molar-refractivity contribution >= 4 is 22.7 Å². The summed E-state index contributed by atoms with van der Waals surface area (Å²) >= 11 is 3.97. The molecule has 0 heterocycles. The van der Waals surface area contributed by atoms with Crippen molar-refractivity contribution in [1.29, 1.82) is 0 Å². The van der Waals surface area contributed by atoms with Crippen LogP contribution in [-0.2, 0) is 10.0 Å². The summed E-state index contributed by atoms with van der Waals surface area (Å²) in [6.07, 6.45) is 0. The van der Waals surface area contributed by atoms with Crippen LogP contribution >= 0.6 is 12.6 Å². The Hall–Kier alpha value is -0.590. The molecule has 0 amide bonds. The summed E-state index contributed by atoms with van der Waals surface area (Å²) in [6.45, 7) is 1.70. The fourth-order valence-corrected chi connectivity index (χ4v) is 2.44. The topological polar surface area (TPSA) is 46.2 Å². The van der Waals surface area contributed by atoms with Gasteiger partial charge in [0, 0.05) is 11.8 Å². The number of rotatable bonds is 4. The third kappa shape index (κ3) is 3.48. The third-order valence-corrected chi connectivity index (χ3v) is 3.91. The molecule has 84 valence electrons. The molecule has 1 aromatic carbocycles. The maximum atomic E-state index is 12.6. The van der Waals surface area contributed by atoms with E-state index in [1.807, 2.05) is 0 Å². The van der Waals surface area contributed by atoms with Gasteiger partial charge in [0.25, 0.3) is 0 Å². The molecule has 0 fully saturated rings. The molecule has 0 saturated heterocycles. The van der Waals surface area contributed by atoms with Crippen LogP contribution in [0.4, 0.5) is 4.39 Å². The first-order valence-corrected chi connectivity index (χ1v) is 6.46. The van der Waals surface area contributed by atoms with E-state index in [0.717, 1.165) is 12.1 Å². The lowest BCUT2D eigenvalue weighted by atomic mass is 10.4. The fourth-order valence-electron chi connectivity index (χ4n) is 0.984. The Morgan fingerprint density at radius 1 is 1.40 bits per heavy atom. The van der Waals surface area contributed by atoms with Crippen LogP contribution < -0.4 is 4.72 Å². The molecule has 0 bridgehead atoms. The Morgan fingerprint density at radius 3 is 2.40 bits per heavy atom. The summed E-state index contributed by atoms with van der Waals surface area (Å²) in [5.41, 5.74) is 0. The molecule has 0 aliphatic heterocycles. The maximum absolute atomic E-state index is 12.6. The quantitative estimate of drug-likeness (QED) is 0.793. The fraction of sp³-hybridized carbons (Fsp3) is 0.333. The second kappa shape index (κ2) is 4.96. The van der Waals surface area contributed by atoms with E-state index in [4.69, 9.17) is 0 Å². The number of sulfonamides is 1. The molecule has 0 radical (unpaired) electrons. The highest BCUT2D eigenvalue weighted by atomic mass is 32.2. The van der Waals surface area contributed by atoms with E-state index in [1.54, 1.807) is 6.92 Å². The molecule has 1 N–H and O–H groups in total. The first-order valence-electron chi connectivity index (χ1n) is 4.34. The maximum Gasteiger partial charge on any atom is 0.240 e. The molecule has 1 unspecified atom stereocenters. The zero-order valence-corrected chi connectivity index (χ0v) is 9.85. The number of halogens is 1. The first-order chi connectivity index (χ1) is 6.95. The van der Waals surface area contributed by atoms with Crippen LogP contribution in [0.3, 0.4) is 0 Å². The highest BCUT2D eigenvalue weighted by Crippen LogP contribution is 2.10. The second-order valence-corrected chi connectivity index (χ2v) is 5.24. The highest BCUT2D eigenvalue weighted by Gasteiger charge is 2.16. The van der Waals surface area contributed by atoms with Crippen molar-refractivity contribution in [2.45, 2.75) is 17.9 Å². The summed E-state index contributed by atoms with van der Waals surface area (Å²) in [4.78, 5) is 0.0533. The van der Waals surface area contributed by atoms with E-state index in [0.29, 0.717) is 5.75 Å². The summed E-state index contributed by atoms with van der Waals surface area (Å²) < 4.78 is 38.3. The molecule has 3 nitrogen and oxygen atoms in total. The minimum atomic E-state index is -3.55. The van der Waals surface area contributed by atoms with Gasteiger partial charge in [-0.05, 0) is 31.2 Å². The SMILES string of the molecule is CC(CS)NS(=O)(=O)c1ccc(F)cc1. The molecule has 0 aromatic heterocycles. The van der Waals surface area contributed by atoms with Crippen LogP contribution in [0, 0.1) is 5.82 Å². The van der Waals surface area contributed by atoms with Gasteiger partial charge in [-0.15, -0.1) is 0 Å². The van der Waals surface area contributed by atoms with Crippen LogP contribution in [0.25, 0.3) is 0 Å². The molecule has 0 aliphatic rings. The first kappa shape index (κ1) is 12.5. The predicted octanol–water partition coefficient (Wildman–Crippen LogP) is 1.42. The van der Waals surface area contributed by atoms with Crippen molar-refractivity contribution in [2.75, 3.05) is 5.75 Å². The average Bonchev–Trinajstić information content (AvgIpc) is 2.17. The molecule has 0 saturated carbocycles. The van der Waals surface area contributed by atoms with Gasteiger partial charge >= 0.3 is 0 Å². The monoisotopic (exact) mass is 249 g/mol. The molecule has 6 heteroatoms. The highest BCUT2D eigenvalue weighted by molar-refractivity contribution is 7.89. The van der Waals surface area contributed by atoms with Gasteiger partial charge in [0.1, 0.15) is 5.82 Å². The molecule has 1 rings (SSSR count). The Morgan fingerprint density at radius 2 is 1.93 bits per heavy atom. The van der Waals surface area contributed by atoms with Gasteiger partial charge in [-0.3, -0.25) is 0 Å². The van der Waals surface area contributed by atoms with Gasteiger partial charge in [0.05, 0.1) is 4.90 Å². The number of nitrogens with one attached hydrogen (secondary N) is 1. The van der Waals surface area contributed by atoms with E-state index >= 15 is 0 Å². The lowest BCUT2D eigenvalue weighted by Crippen LogP contribution is -2.33. The summed E-state index contributed by atoms with van der Waals surface area (Å²) in [6, 6.07) is 4.41. The van der Waals surface area contributed by atoms with Gasteiger partial charge in [0.15, 0.2) is 0 Å². The molecule has 1 aromatic rings. The van der Waals surface area contributed by atoms with Crippen LogP contribution in [0.15, 0.2) is 29.2 Å². The number of benzene rings is 1.